The molecule has 0 nitrogen and oxygen atoms in total. The van der Waals surface area contributed by atoms with E-state index >= 15 is 7.77 Å². The molecule has 0 bridgehead atoms. The SMILES string of the molecule is F[SH](F)(c1ccccc1)(c1ccccc1)c1ccccc1. The molecule has 0 aromatic heterocycles. The van der Waals surface area contributed by atoms with E-state index in [-0.39, 0.29) is 14.7 Å². The summed E-state index contributed by atoms with van der Waals surface area (Å²) in [5.74, 6) is 0. The van der Waals surface area contributed by atoms with E-state index < -0.39 is 9.93 Å². The van der Waals surface area contributed by atoms with Crippen LogP contribution in [0.2, 0.25) is 0 Å². The Bertz CT molecular complexity index is 622. The van der Waals surface area contributed by atoms with E-state index in [9.17, 15) is 0 Å². The summed E-state index contributed by atoms with van der Waals surface area (Å²) in [5, 5.41) is 0. The van der Waals surface area contributed by atoms with Crippen LogP contribution in [-0.4, -0.2) is 0 Å². The van der Waals surface area contributed by atoms with Crippen molar-refractivity contribution >= 4 is 9.93 Å². The third kappa shape index (κ3) is 2.14. The van der Waals surface area contributed by atoms with Gasteiger partial charge in [-0.25, -0.2) is 0 Å². The van der Waals surface area contributed by atoms with Crippen LogP contribution in [0, 0.1) is 0 Å². The van der Waals surface area contributed by atoms with Gasteiger partial charge in [0.05, 0.1) is 0 Å². The van der Waals surface area contributed by atoms with E-state index in [4.69, 9.17) is 0 Å². The summed E-state index contributed by atoms with van der Waals surface area (Å²) in [5.41, 5.74) is 0. The lowest BCUT2D eigenvalue weighted by molar-refractivity contribution is 0.692. The highest BCUT2D eigenvalue weighted by Gasteiger charge is 2.45. The highest BCUT2D eigenvalue weighted by Crippen LogP contribution is 2.88. The van der Waals surface area contributed by atoms with Crippen molar-refractivity contribution in [3.8, 4) is 0 Å². The van der Waals surface area contributed by atoms with E-state index in [1.54, 1.807) is 54.6 Å². The number of hydrogen-bond acceptors (Lipinski definition) is 0. The summed E-state index contributed by atoms with van der Waals surface area (Å²) in [6.45, 7) is 0. The van der Waals surface area contributed by atoms with Crippen molar-refractivity contribution in [3.05, 3.63) is 91.0 Å². The van der Waals surface area contributed by atoms with Crippen LogP contribution >= 0.6 is 9.93 Å². The molecule has 0 spiro atoms. The summed E-state index contributed by atoms with van der Waals surface area (Å²) < 4.78 is 32.3. The molecule has 0 unspecified atom stereocenters. The Labute approximate surface area is 123 Å². The van der Waals surface area contributed by atoms with Gasteiger partial charge in [-0.1, -0.05) is 54.6 Å². The number of halogens is 2. The summed E-state index contributed by atoms with van der Waals surface area (Å²) >= 11 is 0. The van der Waals surface area contributed by atoms with Crippen LogP contribution in [-0.2, 0) is 0 Å². The second-order valence-electron chi connectivity index (χ2n) is 4.91. The minimum Gasteiger partial charge on any atom is -0.170 e. The molecule has 3 rings (SSSR count). The average Bonchev–Trinajstić information content (AvgIpc) is 2.57. The lowest BCUT2D eigenvalue weighted by atomic mass is 10.4. The van der Waals surface area contributed by atoms with Gasteiger partial charge in [0, 0.05) is 24.6 Å². The van der Waals surface area contributed by atoms with E-state index in [2.05, 4.69) is 0 Å². The van der Waals surface area contributed by atoms with Crippen LogP contribution in [0.15, 0.2) is 106 Å². The van der Waals surface area contributed by atoms with Gasteiger partial charge >= 0.3 is 0 Å². The molecular weight excluding hydrogens is 286 g/mol. The summed E-state index contributed by atoms with van der Waals surface area (Å²) in [6.07, 6.45) is 0. The zero-order valence-electron chi connectivity index (χ0n) is 11.4. The predicted octanol–water partition coefficient (Wildman–Crippen LogP) is 6.01. The fourth-order valence-electron chi connectivity index (χ4n) is 2.52. The van der Waals surface area contributed by atoms with E-state index in [0.29, 0.717) is 0 Å². The lowest BCUT2D eigenvalue weighted by Gasteiger charge is -2.47. The first kappa shape index (κ1) is 13.8. The summed E-state index contributed by atoms with van der Waals surface area (Å²) in [7, 11) is -5.37. The number of hydrogen-bond donors (Lipinski definition) is 1. The topological polar surface area (TPSA) is 0 Å². The quantitative estimate of drug-likeness (QED) is 0.563. The van der Waals surface area contributed by atoms with Gasteiger partial charge in [-0.15, -0.1) is 0 Å². The lowest BCUT2D eigenvalue weighted by Crippen LogP contribution is -2.08. The maximum atomic E-state index is 16.1. The molecule has 3 aromatic rings. The zero-order chi connectivity index (χ0) is 14.8. The molecule has 0 aliphatic heterocycles. The highest BCUT2D eigenvalue weighted by atomic mass is 32.4. The fraction of sp³-hybridized carbons (Fsp3) is 0. The third-order valence-electron chi connectivity index (χ3n) is 3.63. The molecular formula is C18H16F2S. The van der Waals surface area contributed by atoms with Crippen molar-refractivity contribution in [2.24, 2.45) is 0 Å². The Kier molecular flexibility index (Phi) is 3.30. The Morgan fingerprint density at radius 2 is 0.667 bits per heavy atom. The average molecular weight is 302 g/mol. The molecule has 0 aliphatic rings. The Morgan fingerprint density at radius 3 is 0.905 bits per heavy atom. The minimum atomic E-state index is -5.37. The van der Waals surface area contributed by atoms with Crippen molar-refractivity contribution in [2.45, 2.75) is 14.7 Å². The van der Waals surface area contributed by atoms with Crippen LogP contribution in [0.1, 0.15) is 0 Å². The van der Waals surface area contributed by atoms with Crippen LogP contribution in [0.3, 0.4) is 0 Å². The molecule has 0 atom stereocenters. The standard InChI is InChI=1S/C18H16F2S/c19-21(20,16-10-4-1-5-11-16,17-12-6-2-7-13-17)18-14-8-3-9-15-18/h1-15,21H. The van der Waals surface area contributed by atoms with Crippen LogP contribution in [0.4, 0.5) is 7.77 Å². The van der Waals surface area contributed by atoms with Crippen LogP contribution < -0.4 is 0 Å². The fourth-order valence-corrected chi connectivity index (χ4v) is 5.50. The summed E-state index contributed by atoms with van der Waals surface area (Å²) in [6, 6.07) is 24.4. The van der Waals surface area contributed by atoms with Gasteiger partial charge in [0.25, 0.3) is 0 Å². The Hall–Kier alpha value is -2.13. The van der Waals surface area contributed by atoms with Crippen molar-refractivity contribution in [1.29, 1.82) is 0 Å². The first-order chi connectivity index (χ1) is 10.1. The predicted molar refractivity (Wildman–Crippen MR) is 85.3 cm³/mol. The number of benzene rings is 3. The molecule has 0 N–H and O–H groups in total. The normalized spacial score (nSPS) is 13.3. The van der Waals surface area contributed by atoms with Gasteiger partial charge in [0.15, 0.2) is 0 Å². The first-order valence-electron chi connectivity index (χ1n) is 6.74. The van der Waals surface area contributed by atoms with Crippen LogP contribution in [0.5, 0.6) is 0 Å². The number of rotatable bonds is 3. The molecule has 3 aromatic carbocycles. The maximum Gasteiger partial charge on any atom is 0.0305 e. The molecule has 0 heterocycles. The molecule has 108 valence electrons. The minimum absolute atomic E-state index is 0.0981. The largest absolute Gasteiger partial charge is 0.170 e. The van der Waals surface area contributed by atoms with E-state index in [1.165, 1.54) is 36.4 Å². The first-order valence-corrected chi connectivity index (χ1v) is 8.76. The van der Waals surface area contributed by atoms with Gasteiger partial charge in [0.2, 0.25) is 0 Å². The van der Waals surface area contributed by atoms with Gasteiger partial charge in [0.1, 0.15) is 0 Å². The Balaban J connectivity index is 2.36. The molecule has 3 heteroatoms. The van der Waals surface area contributed by atoms with Crippen molar-refractivity contribution in [3.63, 3.8) is 0 Å². The van der Waals surface area contributed by atoms with Gasteiger partial charge in [-0.2, -0.15) is 7.77 Å². The molecule has 0 radical (unpaired) electrons. The Morgan fingerprint density at radius 1 is 0.429 bits per heavy atom. The second kappa shape index (κ2) is 5.01. The second-order valence-corrected chi connectivity index (χ2v) is 8.28. The monoisotopic (exact) mass is 302 g/mol. The number of thiol groups is 1. The summed E-state index contributed by atoms with van der Waals surface area (Å²) in [4.78, 5) is 0.294. The van der Waals surface area contributed by atoms with Gasteiger partial charge in [-0.05, 0) is 36.4 Å². The van der Waals surface area contributed by atoms with Crippen LogP contribution in [0.25, 0.3) is 0 Å². The highest BCUT2D eigenvalue weighted by molar-refractivity contribution is 8.41. The van der Waals surface area contributed by atoms with Gasteiger partial charge < -0.3 is 0 Å². The van der Waals surface area contributed by atoms with Crippen molar-refractivity contribution in [1.82, 2.24) is 0 Å². The molecule has 0 saturated carbocycles. The van der Waals surface area contributed by atoms with Gasteiger partial charge in [-0.3, -0.25) is 0 Å². The smallest absolute Gasteiger partial charge is 0.0305 e. The van der Waals surface area contributed by atoms with Crippen molar-refractivity contribution < 1.29 is 7.77 Å². The molecule has 0 amide bonds. The zero-order valence-corrected chi connectivity index (χ0v) is 12.3. The van der Waals surface area contributed by atoms with Crippen molar-refractivity contribution in [2.75, 3.05) is 0 Å². The van der Waals surface area contributed by atoms with E-state index in [1.807, 2.05) is 0 Å². The maximum absolute atomic E-state index is 16.1. The molecule has 0 fully saturated rings. The molecule has 0 aliphatic carbocycles. The molecule has 0 saturated heterocycles. The molecule has 21 heavy (non-hydrogen) atoms. The van der Waals surface area contributed by atoms with E-state index in [0.717, 1.165) is 0 Å². The third-order valence-corrected chi connectivity index (χ3v) is 7.24.